The summed E-state index contributed by atoms with van der Waals surface area (Å²) in [7, 11) is 3.63. The van der Waals surface area contributed by atoms with Gasteiger partial charge in [-0.2, -0.15) is 19.9 Å². The first-order valence-corrected chi connectivity index (χ1v) is 43.7. The number of carbonyl (C=O) groups is 4. The van der Waals surface area contributed by atoms with Gasteiger partial charge in [-0.25, -0.2) is 54.1 Å². The molecule has 0 bridgehead atoms. The molecule has 6 atom stereocenters. The molecule has 6 N–H and O–H groups in total. The summed E-state index contributed by atoms with van der Waals surface area (Å²) in [6.07, 6.45) is 24.3. The van der Waals surface area contributed by atoms with Crippen molar-refractivity contribution in [3.63, 3.8) is 0 Å². The first-order valence-electron chi connectivity index (χ1n) is 42.1. The second kappa shape index (κ2) is 36.7. The van der Waals surface area contributed by atoms with Crippen molar-refractivity contribution in [1.29, 1.82) is 0 Å². The van der Waals surface area contributed by atoms with Crippen LogP contribution in [0.15, 0.2) is 208 Å². The molecule has 8 amide bonds. The van der Waals surface area contributed by atoms with Crippen molar-refractivity contribution in [3.05, 3.63) is 251 Å². The molecular weight excluding hydrogens is 1660 g/mol. The zero-order chi connectivity index (χ0) is 87.5. The highest BCUT2D eigenvalue weighted by atomic mass is 35.5. The number of nitrogens with one attached hydrogen (secondary N) is 6. The molecule has 7 aliphatic rings. The monoisotopic (exact) mass is 1760 g/mol. The van der Waals surface area contributed by atoms with Gasteiger partial charge in [-0.1, -0.05) is 124 Å². The summed E-state index contributed by atoms with van der Waals surface area (Å²) in [6, 6.07) is 46.3. The number of aromatic nitrogens is 14. The SMILES string of the molecule is CC(C)[C@H]1CN(C)C(=O)N1c1ccnc(N[C@@H](C)c2cn(-c3ccc(Cl)cc3)cn2)n1.CC(C)[C@H]1CN(C)C(=O)N1c1ccnc(N[C@H](C)c2cn(-c3ccc(Cl)cc3)cn2)n1.CC(C)[C@H]1CNC(=O)N1c1ccnc(NC2(c3ccc(-c4ccc(Cl)cc4)cc3)CC2)n1.O=C1NC[C@H](C2CC2)N1c1ccnc(NC2(c3cn(-c4ccc(Cl)cc4)cn3)CC2)n1. The van der Waals surface area contributed by atoms with Gasteiger partial charge in [0.2, 0.25) is 23.8 Å². The summed E-state index contributed by atoms with van der Waals surface area (Å²) < 4.78 is 5.86. The van der Waals surface area contributed by atoms with E-state index in [1.54, 1.807) is 91.1 Å². The molecule has 30 nitrogen and oxygen atoms in total. The van der Waals surface area contributed by atoms with Crippen LogP contribution in [0.4, 0.5) is 66.2 Å². The van der Waals surface area contributed by atoms with Crippen LogP contribution in [0.1, 0.15) is 129 Å². The smallest absolute Gasteiger partial charge is 0.325 e. The Morgan fingerprint density at radius 3 is 1.18 bits per heavy atom. The lowest BCUT2D eigenvalue weighted by Gasteiger charge is -2.25. The van der Waals surface area contributed by atoms with Crippen LogP contribution in [0.5, 0.6) is 0 Å². The first kappa shape index (κ1) is 86.0. The topological polar surface area (TPSA) is 316 Å². The maximum absolute atomic E-state index is 12.7. The van der Waals surface area contributed by atoms with Crippen molar-refractivity contribution < 1.29 is 19.2 Å². The average molecular weight is 1760 g/mol. The predicted molar refractivity (Wildman–Crippen MR) is 489 cm³/mol. The number of carbonyl (C=O) groups excluding carboxylic acids is 4. The van der Waals surface area contributed by atoms with E-state index in [2.05, 4.69) is 148 Å². The van der Waals surface area contributed by atoms with Gasteiger partial charge in [0.15, 0.2) is 0 Å². The molecule has 0 unspecified atom stereocenters. The highest BCUT2D eigenvalue weighted by Crippen LogP contribution is 2.50. The number of amides is 8. The van der Waals surface area contributed by atoms with Gasteiger partial charge in [0.05, 0.1) is 83.4 Å². The van der Waals surface area contributed by atoms with Crippen molar-refractivity contribution in [1.82, 2.24) is 89.0 Å². The maximum Gasteiger partial charge on any atom is 0.325 e. The maximum atomic E-state index is 12.7. The Morgan fingerprint density at radius 1 is 0.392 bits per heavy atom. The van der Waals surface area contributed by atoms with Crippen LogP contribution in [0, 0.1) is 23.7 Å². The van der Waals surface area contributed by atoms with Gasteiger partial charge in [-0.05, 0) is 202 Å². The molecule has 11 heterocycles. The Kier molecular flexibility index (Phi) is 25.3. The van der Waals surface area contributed by atoms with Crippen LogP contribution >= 0.6 is 46.4 Å². The van der Waals surface area contributed by atoms with Crippen molar-refractivity contribution >= 4 is 118 Å². The normalized spacial score (nSPS) is 19.0. The summed E-state index contributed by atoms with van der Waals surface area (Å²) in [6.45, 7) is 19.4. The van der Waals surface area contributed by atoms with Gasteiger partial charge in [-0.3, -0.25) is 19.6 Å². The highest BCUT2D eigenvalue weighted by molar-refractivity contribution is 6.31. The Bertz CT molecular complexity index is 5640. The molecule has 7 fully saturated rings. The minimum absolute atomic E-state index is 0.0434. The van der Waals surface area contributed by atoms with Gasteiger partial charge < -0.3 is 55.4 Å². The number of benzene rings is 5. The lowest BCUT2D eigenvalue weighted by molar-refractivity contribution is 0.228. The summed E-state index contributed by atoms with van der Waals surface area (Å²) in [5.74, 6) is 5.98. The largest absolute Gasteiger partial charge is 0.346 e. The minimum atomic E-state index is -0.278. The molecule has 0 radical (unpaired) electrons. The Balaban J connectivity index is 0.000000123. The van der Waals surface area contributed by atoms with Crippen LogP contribution in [-0.2, 0) is 11.1 Å². The summed E-state index contributed by atoms with van der Waals surface area (Å²) in [5.41, 5.74) is 8.66. The number of anilines is 8. The summed E-state index contributed by atoms with van der Waals surface area (Å²) in [4.78, 5) is 111. The van der Waals surface area contributed by atoms with Crippen LogP contribution in [0.2, 0.25) is 20.1 Å². The third-order valence-corrected chi connectivity index (χ3v) is 24.8. The van der Waals surface area contributed by atoms with E-state index < -0.39 is 0 Å². The standard InChI is InChI=1S/C25H26ClN5O.C22H22ClN7O.2C22H26ClN7O/c1-16(2)21-15-28-24(32)31(21)22-11-14-27-23(29-22)30-25(12-13-25)19-7-3-17(4-8-19)18-5-9-20(26)10-6-18;23-15-3-5-16(6-4-15)29-12-18(26-13-29)22(8-9-22)28-20-24-10-7-19(27-20)30-17(14-1-2-14)11-25-21(30)31;2*1-14(2)19-12-28(4)22(31)30(19)20-9-10-24-21(27-20)26-15(3)18-11-29(13-25-18)17-7-5-16(23)6-8-17/h3-11,14,16,21H,12-13,15H2,1-2H3,(H,28,32)(H,27,29,30);3-7,10,12-14,17H,1-2,8-9,11H2,(H,25,31)(H,24,27,28);2*5-11,13-15,19H,12H2,1-4H3,(H,24,26,27)/t21-;17-;15-,19+;15-,19-/m1101/s1. The number of hydrogen-bond acceptors (Lipinski definition) is 19. The summed E-state index contributed by atoms with van der Waals surface area (Å²) in [5, 5.41) is 22.3. The van der Waals surface area contributed by atoms with Gasteiger partial charge in [-0.15, -0.1) is 0 Å². The Hall–Kier alpha value is -12.5. The molecule has 646 valence electrons. The van der Waals surface area contributed by atoms with E-state index in [0.717, 1.165) is 76.0 Å². The molecule has 12 aromatic rings. The number of hydrogen-bond donors (Lipinski definition) is 6. The molecule has 125 heavy (non-hydrogen) atoms. The first-order chi connectivity index (χ1) is 60.2. The average Bonchev–Trinajstić information content (AvgIpc) is 1.60. The van der Waals surface area contributed by atoms with Gasteiger partial charge in [0, 0.05) is 121 Å². The molecule has 19 rings (SSSR count). The van der Waals surface area contributed by atoms with E-state index in [1.165, 1.54) is 18.4 Å². The van der Waals surface area contributed by atoms with Gasteiger partial charge >= 0.3 is 24.1 Å². The van der Waals surface area contributed by atoms with E-state index in [1.807, 2.05) is 164 Å². The fourth-order valence-corrected chi connectivity index (χ4v) is 16.5. The predicted octanol–water partition coefficient (Wildman–Crippen LogP) is 17.9. The van der Waals surface area contributed by atoms with Crippen molar-refractivity contribution in [2.24, 2.45) is 23.7 Å². The minimum Gasteiger partial charge on any atom is -0.346 e. The molecule has 3 aliphatic carbocycles. The molecule has 4 aliphatic heterocycles. The van der Waals surface area contributed by atoms with Crippen molar-refractivity contribution in [2.75, 3.05) is 81.1 Å². The fraction of sp³-hybridized carbons (Fsp3) is 0.352. The van der Waals surface area contributed by atoms with Crippen molar-refractivity contribution in [2.45, 2.75) is 141 Å². The molecule has 0 spiro atoms. The summed E-state index contributed by atoms with van der Waals surface area (Å²) >= 11 is 24.0. The fourth-order valence-electron chi connectivity index (χ4n) is 16.0. The van der Waals surface area contributed by atoms with Crippen LogP contribution < -0.4 is 51.5 Å². The number of urea groups is 4. The second-order valence-corrected chi connectivity index (χ2v) is 35.5. The molecule has 4 saturated heterocycles. The zero-order valence-electron chi connectivity index (χ0n) is 71.1. The third kappa shape index (κ3) is 19.5. The molecular formula is C91H100Cl4N26O4. The zero-order valence-corrected chi connectivity index (χ0v) is 74.1. The van der Waals surface area contributed by atoms with Crippen molar-refractivity contribution in [3.8, 4) is 28.2 Å². The van der Waals surface area contributed by atoms with E-state index in [0.29, 0.717) is 112 Å². The number of nitrogens with zero attached hydrogens (tertiary/aromatic N) is 20. The van der Waals surface area contributed by atoms with Gasteiger partial charge in [0.25, 0.3) is 0 Å². The van der Waals surface area contributed by atoms with E-state index >= 15 is 0 Å². The van der Waals surface area contributed by atoms with E-state index in [4.69, 9.17) is 51.4 Å². The lowest BCUT2D eigenvalue weighted by Crippen LogP contribution is -2.38. The Morgan fingerprint density at radius 2 is 0.752 bits per heavy atom. The number of rotatable bonds is 24. The second-order valence-electron chi connectivity index (χ2n) is 33.7. The van der Waals surface area contributed by atoms with E-state index in [-0.39, 0.29) is 71.5 Å². The molecule has 7 aromatic heterocycles. The lowest BCUT2D eigenvalue weighted by atomic mass is 9.99. The van der Waals surface area contributed by atoms with Gasteiger partial charge in [0.1, 0.15) is 23.3 Å². The molecule has 5 aromatic carbocycles. The molecule has 34 heteroatoms. The third-order valence-electron chi connectivity index (χ3n) is 23.7. The number of halogens is 4. The quantitative estimate of drug-likeness (QED) is 0.0327. The number of imidazole rings is 3. The Labute approximate surface area is 746 Å². The van der Waals surface area contributed by atoms with Crippen LogP contribution in [0.3, 0.4) is 0 Å². The van der Waals surface area contributed by atoms with Crippen LogP contribution in [-0.4, -0.2) is 167 Å². The van der Waals surface area contributed by atoms with Crippen LogP contribution in [0.25, 0.3) is 28.2 Å². The highest BCUT2D eigenvalue weighted by Gasteiger charge is 2.49. The van der Waals surface area contributed by atoms with E-state index in [9.17, 15) is 19.2 Å². The molecule has 3 saturated carbocycles. The number of likely N-dealkylation sites (N-methyl/N-ethyl adjacent to an activating group) is 2.